The summed E-state index contributed by atoms with van der Waals surface area (Å²) < 4.78 is 5.37. The van der Waals surface area contributed by atoms with E-state index in [1.807, 2.05) is 77.7 Å². The molecule has 7 heteroatoms. The maximum absolute atomic E-state index is 13.0. The molecule has 0 radical (unpaired) electrons. The van der Waals surface area contributed by atoms with Gasteiger partial charge in [0.15, 0.2) is 0 Å². The van der Waals surface area contributed by atoms with E-state index in [4.69, 9.17) is 10.5 Å². The predicted molar refractivity (Wildman–Crippen MR) is 129 cm³/mol. The highest BCUT2D eigenvalue weighted by Crippen LogP contribution is 2.25. The van der Waals surface area contributed by atoms with E-state index in [2.05, 4.69) is 10.3 Å². The predicted octanol–water partition coefficient (Wildman–Crippen LogP) is 3.99. The van der Waals surface area contributed by atoms with E-state index in [1.165, 1.54) is 7.11 Å². The number of pyridine rings is 1. The topological polar surface area (TPSA) is 97.6 Å². The molecule has 4 rings (SSSR count). The Kier molecular flexibility index (Phi) is 6.50. The van der Waals surface area contributed by atoms with Crippen molar-refractivity contribution < 1.29 is 14.3 Å². The standard InChI is InChI=1S/C26H24N4O3/c1-33-26-22-13-6-5-10-19(22)14-23(29-26)25(32)28-20-11-7-12-21(15-20)30(17-24(27)31)16-18-8-3-2-4-9-18/h2-15H,16-17H2,1H3,(H2,27,31)(H,28,32). The molecule has 4 aromatic rings. The number of aromatic nitrogens is 1. The van der Waals surface area contributed by atoms with Gasteiger partial charge >= 0.3 is 0 Å². The molecule has 0 fully saturated rings. The zero-order valence-electron chi connectivity index (χ0n) is 18.2. The van der Waals surface area contributed by atoms with Gasteiger partial charge in [0.2, 0.25) is 11.8 Å². The Morgan fingerprint density at radius 1 is 0.970 bits per heavy atom. The largest absolute Gasteiger partial charge is 0.481 e. The van der Waals surface area contributed by atoms with Crippen LogP contribution >= 0.6 is 0 Å². The minimum absolute atomic E-state index is 0.0513. The number of anilines is 2. The third-order valence-corrected chi connectivity index (χ3v) is 5.16. The Balaban J connectivity index is 1.58. The molecule has 0 atom stereocenters. The van der Waals surface area contributed by atoms with Crippen molar-refractivity contribution in [2.24, 2.45) is 5.73 Å². The maximum atomic E-state index is 13.0. The molecule has 33 heavy (non-hydrogen) atoms. The van der Waals surface area contributed by atoms with Crippen LogP contribution in [0.2, 0.25) is 0 Å². The van der Waals surface area contributed by atoms with E-state index in [-0.39, 0.29) is 18.1 Å². The lowest BCUT2D eigenvalue weighted by atomic mass is 10.1. The van der Waals surface area contributed by atoms with Crippen molar-refractivity contribution in [2.45, 2.75) is 6.54 Å². The van der Waals surface area contributed by atoms with Crippen LogP contribution in [0.3, 0.4) is 0 Å². The SMILES string of the molecule is COc1nc(C(=O)Nc2cccc(N(CC(N)=O)Cc3ccccc3)c2)cc2ccccc12. The molecular formula is C26H24N4O3. The number of ether oxygens (including phenoxy) is 1. The van der Waals surface area contributed by atoms with Gasteiger partial charge in [-0.3, -0.25) is 9.59 Å². The second-order valence-electron chi connectivity index (χ2n) is 7.55. The van der Waals surface area contributed by atoms with Gasteiger partial charge in [0, 0.05) is 23.3 Å². The lowest BCUT2D eigenvalue weighted by Crippen LogP contribution is -2.33. The quantitative estimate of drug-likeness (QED) is 0.432. The highest BCUT2D eigenvalue weighted by molar-refractivity contribution is 6.05. The molecule has 3 N–H and O–H groups in total. The number of amides is 2. The first kappa shape index (κ1) is 21.8. The zero-order valence-corrected chi connectivity index (χ0v) is 18.2. The van der Waals surface area contributed by atoms with Crippen LogP contribution in [-0.2, 0) is 11.3 Å². The average Bonchev–Trinajstić information content (AvgIpc) is 2.83. The van der Waals surface area contributed by atoms with Gasteiger partial charge in [-0.2, -0.15) is 0 Å². The van der Waals surface area contributed by atoms with Crippen molar-refractivity contribution in [3.63, 3.8) is 0 Å². The summed E-state index contributed by atoms with van der Waals surface area (Å²) >= 11 is 0. The van der Waals surface area contributed by atoms with Crippen molar-refractivity contribution in [1.29, 1.82) is 0 Å². The first-order valence-electron chi connectivity index (χ1n) is 10.5. The molecule has 0 aliphatic heterocycles. The normalized spacial score (nSPS) is 10.6. The van der Waals surface area contributed by atoms with E-state index in [0.717, 1.165) is 22.0 Å². The van der Waals surface area contributed by atoms with E-state index in [1.54, 1.807) is 12.1 Å². The van der Waals surface area contributed by atoms with Gasteiger partial charge in [-0.25, -0.2) is 4.98 Å². The highest BCUT2D eigenvalue weighted by atomic mass is 16.5. The number of fused-ring (bicyclic) bond motifs is 1. The monoisotopic (exact) mass is 440 g/mol. The lowest BCUT2D eigenvalue weighted by Gasteiger charge is -2.24. The summed E-state index contributed by atoms with van der Waals surface area (Å²) in [6, 6.07) is 26.4. The summed E-state index contributed by atoms with van der Waals surface area (Å²) in [6.07, 6.45) is 0. The Morgan fingerprint density at radius 2 is 1.73 bits per heavy atom. The van der Waals surface area contributed by atoms with Crippen molar-refractivity contribution >= 4 is 34.0 Å². The van der Waals surface area contributed by atoms with Gasteiger partial charge < -0.3 is 20.7 Å². The van der Waals surface area contributed by atoms with Crippen LogP contribution in [-0.4, -0.2) is 30.5 Å². The Bertz CT molecular complexity index is 1290. The number of benzene rings is 3. The summed E-state index contributed by atoms with van der Waals surface area (Å²) in [7, 11) is 1.53. The second kappa shape index (κ2) is 9.82. The molecule has 0 aliphatic carbocycles. The van der Waals surface area contributed by atoms with Crippen molar-refractivity contribution in [3.05, 3.63) is 96.2 Å². The van der Waals surface area contributed by atoms with Crippen LogP contribution in [0.15, 0.2) is 84.9 Å². The molecule has 0 saturated heterocycles. The van der Waals surface area contributed by atoms with Crippen LogP contribution in [0, 0.1) is 0 Å². The summed E-state index contributed by atoms with van der Waals surface area (Å²) in [6.45, 7) is 0.556. The van der Waals surface area contributed by atoms with Crippen molar-refractivity contribution in [3.8, 4) is 5.88 Å². The highest BCUT2D eigenvalue weighted by Gasteiger charge is 2.15. The molecule has 0 unspecified atom stereocenters. The van der Waals surface area contributed by atoms with Crippen LogP contribution in [0.25, 0.3) is 10.8 Å². The Morgan fingerprint density at radius 3 is 2.48 bits per heavy atom. The first-order chi connectivity index (χ1) is 16.0. The van der Waals surface area contributed by atoms with Gasteiger partial charge in [-0.1, -0.05) is 54.6 Å². The van der Waals surface area contributed by atoms with Crippen LogP contribution in [0.1, 0.15) is 16.1 Å². The summed E-state index contributed by atoms with van der Waals surface area (Å²) in [5, 5.41) is 4.58. The Hall–Kier alpha value is -4.39. The number of hydrogen-bond donors (Lipinski definition) is 2. The molecule has 166 valence electrons. The number of carbonyl (C=O) groups excluding carboxylic acids is 2. The number of primary amides is 1. The number of nitrogens with one attached hydrogen (secondary N) is 1. The number of nitrogens with two attached hydrogens (primary N) is 1. The van der Waals surface area contributed by atoms with Crippen LogP contribution in [0.4, 0.5) is 11.4 Å². The van der Waals surface area contributed by atoms with E-state index in [0.29, 0.717) is 18.1 Å². The number of methoxy groups -OCH3 is 1. The molecule has 1 heterocycles. The first-order valence-corrected chi connectivity index (χ1v) is 10.5. The van der Waals surface area contributed by atoms with Crippen molar-refractivity contribution in [1.82, 2.24) is 4.98 Å². The lowest BCUT2D eigenvalue weighted by molar-refractivity contribution is -0.116. The fourth-order valence-corrected chi connectivity index (χ4v) is 3.64. The van der Waals surface area contributed by atoms with E-state index in [9.17, 15) is 9.59 Å². The average molecular weight is 441 g/mol. The van der Waals surface area contributed by atoms with Crippen LogP contribution < -0.4 is 20.7 Å². The number of rotatable bonds is 8. The molecule has 2 amide bonds. The summed E-state index contributed by atoms with van der Waals surface area (Å²) in [5.41, 5.74) is 8.11. The molecule has 0 saturated carbocycles. The van der Waals surface area contributed by atoms with Gasteiger partial charge in [-0.05, 0) is 41.3 Å². The zero-order chi connectivity index (χ0) is 23.2. The fraction of sp³-hybridized carbons (Fsp3) is 0.115. The molecule has 1 aromatic heterocycles. The maximum Gasteiger partial charge on any atom is 0.274 e. The summed E-state index contributed by atoms with van der Waals surface area (Å²) in [4.78, 5) is 30.9. The molecule has 7 nitrogen and oxygen atoms in total. The number of hydrogen-bond acceptors (Lipinski definition) is 5. The van der Waals surface area contributed by atoms with Gasteiger partial charge in [0.1, 0.15) is 5.69 Å². The molecule has 0 aliphatic rings. The van der Waals surface area contributed by atoms with Gasteiger partial charge in [0.05, 0.1) is 13.7 Å². The Labute approximate surface area is 191 Å². The number of carbonyl (C=O) groups is 2. The second-order valence-corrected chi connectivity index (χ2v) is 7.55. The van der Waals surface area contributed by atoms with E-state index >= 15 is 0 Å². The minimum atomic E-state index is -0.437. The van der Waals surface area contributed by atoms with Crippen LogP contribution in [0.5, 0.6) is 5.88 Å². The minimum Gasteiger partial charge on any atom is -0.481 e. The van der Waals surface area contributed by atoms with E-state index < -0.39 is 5.91 Å². The molecule has 0 spiro atoms. The van der Waals surface area contributed by atoms with Gasteiger partial charge in [-0.15, -0.1) is 0 Å². The summed E-state index contributed by atoms with van der Waals surface area (Å²) in [5.74, 6) is -0.406. The van der Waals surface area contributed by atoms with Gasteiger partial charge in [0.25, 0.3) is 5.91 Å². The third-order valence-electron chi connectivity index (χ3n) is 5.16. The third kappa shape index (κ3) is 5.27. The molecule has 3 aromatic carbocycles. The molecular weight excluding hydrogens is 416 g/mol. The van der Waals surface area contributed by atoms with Crippen molar-refractivity contribution in [2.75, 3.05) is 23.9 Å². The number of nitrogens with zero attached hydrogens (tertiary/aromatic N) is 2. The smallest absolute Gasteiger partial charge is 0.274 e. The molecule has 0 bridgehead atoms. The fourth-order valence-electron chi connectivity index (χ4n) is 3.64.